The normalized spacial score (nSPS) is 11.8. The van der Waals surface area contributed by atoms with E-state index >= 15 is 0 Å². The Morgan fingerprint density at radius 1 is 1.11 bits per heavy atom. The summed E-state index contributed by atoms with van der Waals surface area (Å²) in [5, 5.41) is 10.4. The predicted octanol–water partition coefficient (Wildman–Crippen LogP) is 5.99. The molecule has 0 radical (unpaired) electrons. The molecule has 0 aliphatic rings. The van der Waals surface area contributed by atoms with Crippen molar-refractivity contribution in [2.75, 3.05) is 0 Å². The standard InChI is InChI=1S/C22H22F3N2S/c1-12-8-13(2)14(3)17(9-12)20-21-19(16(10-26)11-27(20)5)15(4)18(28-21)6-7-22(23,24)25/h8-9,11H,6-7H2,1-5H3/q+1. The summed E-state index contributed by atoms with van der Waals surface area (Å²) in [6.45, 7) is 7.97. The van der Waals surface area contributed by atoms with Gasteiger partial charge in [-0.1, -0.05) is 11.6 Å². The van der Waals surface area contributed by atoms with Crippen LogP contribution < -0.4 is 4.57 Å². The van der Waals surface area contributed by atoms with Crippen LogP contribution >= 0.6 is 11.3 Å². The Labute approximate surface area is 166 Å². The Morgan fingerprint density at radius 3 is 2.39 bits per heavy atom. The van der Waals surface area contributed by atoms with Gasteiger partial charge in [0.05, 0.1) is 5.56 Å². The number of hydrogen-bond donors (Lipinski definition) is 0. The first-order chi connectivity index (χ1) is 13.0. The Balaban J connectivity index is 2.33. The molecule has 0 saturated heterocycles. The molecule has 0 unspecified atom stereocenters. The first-order valence-electron chi connectivity index (χ1n) is 9.03. The minimum absolute atomic E-state index is 0.0610. The number of benzene rings is 1. The van der Waals surface area contributed by atoms with Gasteiger partial charge in [0, 0.05) is 16.7 Å². The average Bonchev–Trinajstić information content (AvgIpc) is 2.92. The molecular weight excluding hydrogens is 381 g/mol. The fourth-order valence-corrected chi connectivity index (χ4v) is 5.13. The number of rotatable bonds is 3. The Hall–Kier alpha value is -2.39. The zero-order valence-corrected chi connectivity index (χ0v) is 17.4. The van der Waals surface area contributed by atoms with E-state index in [1.54, 1.807) is 6.20 Å². The number of hydrogen-bond acceptors (Lipinski definition) is 2. The maximum Gasteiger partial charge on any atom is 0.389 e. The summed E-state index contributed by atoms with van der Waals surface area (Å²) in [5.41, 5.74) is 6.71. The number of fused-ring (bicyclic) bond motifs is 1. The van der Waals surface area contributed by atoms with E-state index in [-0.39, 0.29) is 6.42 Å². The van der Waals surface area contributed by atoms with Crippen LogP contribution in [0.4, 0.5) is 13.2 Å². The third kappa shape index (κ3) is 3.64. The largest absolute Gasteiger partial charge is 0.389 e. The Kier molecular flexibility index (Phi) is 5.24. The number of aryl methyl sites for hydroxylation is 5. The molecule has 0 atom stereocenters. The SMILES string of the molecule is Cc1cc(C)c(C)c(-c2c3sc(CCC(F)(F)F)c(C)c3c(C#N)c[n+]2C)c1. The Bertz CT molecular complexity index is 1120. The molecule has 0 aliphatic carbocycles. The van der Waals surface area contributed by atoms with Crippen molar-refractivity contribution in [2.24, 2.45) is 7.05 Å². The van der Waals surface area contributed by atoms with E-state index in [9.17, 15) is 18.4 Å². The predicted molar refractivity (Wildman–Crippen MR) is 106 cm³/mol. The van der Waals surface area contributed by atoms with Gasteiger partial charge in [0.2, 0.25) is 5.69 Å². The number of aromatic nitrogens is 1. The molecule has 0 aliphatic heterocycles. The van der Waals surface area contributed by atoms with Gasteiger partial charge in [-0.3, -0.25) is 0 Å². The molecule has 0 bridgehead atoms. The molecule has 146 valence electrons. The lowest BCUT2D eigenvalue weighted by molar-refractivity contribution is -0.659. The van der Waals surface area contributed by atoms with Crippen LogP contribution in [-0.4, -0.2) is 6.18 Å². The van der Waals surface area contributed by atoms with E-state index in [2.05, 4.69) is 32.0 Å². The number of nitriles is 1. The molecule has 3 rings (SSSR count). The molecule has 28 heavy (non-hydrogen) atoms. The number of pyridine rings is 1. The number of thiophene rings is 1. The number of alkyl halides is 3. The highest BCUT2D eigenvalue weighted by Gasteiger charge is 2.29. The molecule has 0 amide bonds. The van der Waals surface area contributed by atoms with Gasteiger partial charge >= 0.3 is 6.18 Å². The highest BCUT2D eigenvalue weighted by Crippen LogP contribution is 2.40. The molecule has 1 aromatic carbocycles. The molecule has 6 heteroatoms. The number of halogens is 3. The lowest BCUT2D eigenvalue weighted by atomic mass is 9.95. The van der Waals surface area contributed by atoms with Gasteiger partial charge in [-0.2, -0.15) is 23.0 Å². The summed E-state index contributed by atoms with van der Waals surface area (Å²) in [6, 6.07) is 6.44. The smallest absolute Gasteiger partial charge is 0.198 e. The van der Waals surface area contributed by atoms with Crippen molar-refractivity contribution in [3.8, 4) is 17.3 Å². The van der Waals surface area contributed by atoms with E-state index in [0.29, 0.717) is 10.4 Å². The Morgan fingerprint density at radius 2 is 1.79 bits per heavy atom. The maximum atomic E-state index is 12.8. The quantitative estimate of drug-likeness (QED) is 0.493. The molecule has 0 fully saturated rings. The summed E-state index contributed by atoms with van der Waals surface area (Å²) >= 11 is 1.38. The minimum Gasteiger partial charge on any atom is -0.198 e. The second-order valence-electron chi connectivity index (χ2n) is 7.34. The van der Waals surface area contributed by atoms with Gasteiger partial charge < -0.3 is 0 Å². The van der Waals surface area contributed by atoms with E-state index in [0.717, 1.165) is 43.6 Å². The van der Waals surface area contributed by atoms with Crippen molar-refractivity contribution in [1.82, 2.24) is 0 Å². The number of nitrogens with zero attached hydrogens (tertiary/aromatic N) is 2. The second kappa shape index (κ2) is 7.21. The zero-order chi connectivity index (χ0) is 20.8. The van der Waals surface area contributed by atoms with Crippen molar-refractivity contribution >= 4 is 21.4 Å². The van der Waals surface area contributed by atoms with Gasteiger partial charge in [0.15, 0.2) is 6.20 Å². The van der Waals surface area contributed by atoms with Gasteiger partial charge in [0.25, 0.3) is 0 Å². The van der Waals surface area contributed by atoms with Crippen LogP contribution in [0.3, 0.4) is 0 Å². The van der Waals surface area contributed by atoms with Crippen molar-refractivity contribution in [3.63, 3.8) is 0 Å². The third-order valence-corrected chi connectivity index (χ3v) is 6.59. The van der Waals surface area contributed by atoms with E-state index < -0.39 is 12.6 Å². The van der Waals surface area contributed by atoms with Gasteiger partial charge in [-0.15, -0.1) is 11.3 Å². The molecule has 0 spiro atoms. The first kappa shape index (κ1) is 20.3. The summed E-state index contributed by atoms with van der Waals surface area (Å²) in [7, 11) is 1.89. The van der Waals surface area contributed by atoms with Crippen molar-refractivity contribution in [1.29, 1.82) is 5.26 Å². The molecular formula is C22H22F3N2S+. The third-order valence-electron chi connectivity index (χ3n) is 5.23. The summed E-state index contributed by atoms with van der Waals surface area (Å²) in [5.74, 6) is 0. The van der Waals surface area contributed by atoms with Crippen LogP contribution in [0.2, 0.25) is 0 Å². The molecule has 2 heterocycles. The van der Waals surface area contributed by atoms with Crippen molar-refractivity contribution < 1.29 is 17.7 Å². The zero-order valence-electron chi connectivity index (χ0n) is 16.6. The molecule has 3 aromatic rings. The van der Waals surface area contributed by atoms with Gasteiger partial charge in [0.1, 0.15) is 23.4 Å². The highest BCUT2D eigenvalue weighted by molar-refractivity contribution is 7.19. The van der Waals surface area contributed by atoms with E-state index in [1.165, 1.54) is 11.3 Å². The van der Waals surface area contributed by atoms with Crippen LogP contribution in [-0.2, 0) is 13.5 Å². The average molecular weight is 403 g/mol. The van der Waals surface area contributed by atoms with Crippen LogP contribution in [0.1, 0.15) is 39.1 Å². The summed E-state index contributed by atoms with van der Waals surface area (Å²) < 4.78 is 41.1. The molecule has 2 nitrogen and oxygen atoms in total. The maximum absolute atomic E-state index is 12.8. The lowest BCUT2D eigenvalue weighted by Crippen LogP contribution is -2.31. The summed E-state index contributed by atoms with van der Waals surface area (Å²) in [4.78, 5) is 0.693. The van der Waals surface area contributed by atoms with Gasteiger partial charge in [-0.05, 0) is 56.9 Å². The first-order valence-corrected chi connectivity index (χ1v) is 9.84. The van der Waals surface area contributed by atoms with Crippen molar-refractivity contribution in [3.05, 3.63) is 51.0 Å². The van der Waals surface area contributed by atoms with Crippen LogP contribution in [0, 0.1) is 39.0 Å². The van der Waals surface area contributed by atoms with Crippen LogP contribution in [0.15, 0.2) is 18.3 Å². The van der Waals surface area contributed by atoms with E-state index in [4.69, 9.17) is 0 Å². The van der Waals surface area contributed by atoms with Crippen LogP contribution in [0.5, 0.6) is 0 Å². The molecule has 0 N–H and O–H groups in total. The fraction of sp³-hybridized carbons (Fsp3) is 0.364. The minimum atomic E-state index is -4.20. The topological polar surface area (TPSA) is 27.7 Å². The lowest BCUT2D eigenvalue weighted by Gasteiger charge is -2.10. The monoisotopic (exact) mass is 403 g/mol. The van der Waals surface area contributed by atoms with E-state index in [1.807, 2.05) is 25.5 Å². The molecule has 2 aromatic heterocycles. The van der Waals surface area contributed by atoms with Crippen molar-refractivity contribution in [2.45, 2.75) is 46.7 Å². The van der Waals surface area contributed by atoms with Gasteiger partial charge in [-0.25, -0.2) is 0 Å². The fourth-order valence-electron chi connectivity index (χ4n) is 3.71. The highest BCUT2D eigenvalue weighted by atomic mass is 32.1. The summed E-state index contributed by atoms with van der Waals surface area (Å²) in [6.07, 6.45) is -3.33. The molecule has 0 saturated carbocycles. The van der Waals surface area contributed by atoms with Crippen LogP contribution in [0.25, 0.3) is 21.3 Å². The second-order valence-corrected chi connectivity index (χ2v) is 8.44.